The van der Waals surface area contributed by atoms with E-state index < -0.39 is 16.6 Å². The first-order valence-electron chi connectivity index (χ1n) is 10.2. The van der Waals surface area contributed by atoms with Crippen LogP contribution in [0.4, 0.5) is 5.69 Å². The summed E-state index contributed by atoms with van der Waals surface area (Å²) in [6, 6.07) is 10.2. The van der Waals surface area contributed by atoms with Crippen LogP contribution in [0.2, 0.25) is 0 Å². The van der Waals surface area contributed by atoms with Crippen LogP contribution in [0.15, 0.2) is 36.4 Å². The molecule has 0 saturated heterocycles. The zero-order valence-electron chi connectivity index (χ0n) is 18.5. The van der Waals surface area contributed by atoms with E-state index in [1.807, 2.05) is 6.07 Å². The highest BCUT2D eigenvalue weighted by atomic mass is 16.6. The minimum absolute atomic E-state index is 0.0417. The summed E-state index contributed by atoms with van der Waals surface area (Å²) in [4.78, 5) is 34.1. The van der Waals surface area contributed by atoms with Gasteiger partial charge in [-0.25, -0.2) is 4.79 Å². The predicted molar refractivity (Wildman–Crippen MR) is 119 cm³/mol. The van der Waals surface area contributed by atoms with Crippen molar-refractivity contribution in [3.8, 4) is 23.3 Å². The Morgan fingerprint density at radius 1 is 1.12 bits per heavy atom. The molecule has 2 rings (SSSR count). The fraction of sp³-hybridized carbons (Fsp3) is 0.333. The van der Waals surface area contributed by atoms with Gasteiger partial charge in [0, 0.05) is 12.5 Å². The van der Waals surface area contributed by atoms with Crippen molar-refractivity contribution in [2.45, 2.75) is 32.3 Å². The highest BCUT2D eigenvalue weighted by Gasteiger charge is 2.31. The summed E-state index contributed by atoms with van der Waals surface area (Å²) in [6.45, 7) is 0.691. The smallest absolute Gasteiger partial charge is 0.345 e. The molecule has 0 aliphatic carbocycles. The molecule has 2 aromatic rings. The maximum Gasteiger partial charge on any atom is 0.345 e. The monoisotopic (exact) mass is 455 g/mol. The fourth-order valence-electron chi connectivity index (χ4n) is 3.02. The van der Waals surface area contributed by atoms with Gasteiger partial charge in [0.15, 0.2) is 11.5 Å². The van der Waals surface area contributed by atoms with E-state index in [0.717, 1.165) is 12.0 Å². The molecular weight excluding hydrogens is 430 g/mol. The maximum atomic E-state index is 12.8. The molecule has 0 spiro atoms. The third-order valence-corrected chi connectivity index (χ3v) is 4.60. The number of nitrogens with zero attached hydrogens (tertiary/aromatic N) is 1. The van der Waals surface area contributed by atoms with Gasteiger partial charge in [-0.2, -0.15) is 0 Å². The third kappa shape index (κ3) is 7.25. The quantitative estimate of drug-likeness (QED) is 0.118. The van der Waals surface area contributed by atoms with Crippen LogP contribution >= 0.6 is 0 Å². The number of nitro benzene ring substituents is 1. The number of hydrogen-bond donors (Lipinski definition) is 0. The number of carbonyl (C=O) groups excluding carboxylic acids is 2. The van der Waals surface area contributed by atoms with Gasteiger partial charge in [-0.15, -0.1) is 0 Å². The first kappa shape index (κ1) is 25.2. The highest BCUT2D eigenvalue weighted by Crippen LogP contribution is 2.40. The first-order chi connectivity index (χ1) is 16.0. The Balaban J connectivity index is 2.31. The summed E-state index contributed by atoms with van der Waals surface area (Å²) in [5.41, 5.74) is -0.0909. The SMILES string of the molecule is COc1cc(C(=O)OCc2ccccc2)c([N+](=O)[O-])c(C#CCCCCCOC=O)c1OC. The van der Waals surface area contributed by atoms with Crippen LogP contribution in [-0.4, -0.2) is 38.2 Å². The van der Waals surface area contributed by atoms with E-state index in [-0.39, 0.29) is 29.2 Å². The Morgan fingerprint density at radius 2 is 1.88 bits per heavy atom. The summed E-state index contributed by atoms with van der Waals surface area (Å²) >= 11 is 0. The normalized spacial score (nSPS) is 9.88. The number of esters is 1. The topological polar surface area (TPSA) is 114 Å². The molecule has 0 unspecified atom stereocenters. The van der Waals surface area contributed by atoms with Crippen molar-refractivity contribution in [3.05, 3.63) is 63.2 Å². The van der Waals surface area contributed by atoms with Gasteiger partial charge in [0.05, 0.1) is 25.7 Å². The molecule has 0 bridgehead atoms. The Hall–Kier alpha value is -4.06. The summed E-state index contributed by atoms with van der Waals surface area (Å²) in [6.07, 6.45) is 2.63. The number of ether oxygens (including phenoxy) is 4. The van der Waals surface area contributed by atoms with E-state index in [1.54, 1.807) is 24.3 Å². The number of nitro groups is 1. The van der Waals surface area contributed by atoms with Gasteiger partial charge in [-0.1, -0.05) is 42.2 Å². The van der Waals surface area contributed by atoms with Crippen LogP contribution < -0.4 is 9.47 Å². The number of methoxy groups -OCH3 is 2. The molecule has 0 saturated carbocycles. The molecule has 0 aromatic heterocycles. The van der Waals surface area contributed by atoms with Gasteiger partial charge >= 0.3 is 11.7 Å². The summed E-state index contributed by atoms with van der Waals surface area (Å²) < 4.78 is 20.5. The van der Waals surface area contributed by atoms with Gasteiger partial charge in [-0.05, 0) is 24.8 Å². The molecule has 0 aliphatic heterocycles. The second-order valence-corrected chi connectivity index (χ2v) is 6.78. The van der Waals surface area contributed by atoms with E-state index in [9.17, 15) is 19.7 Å². The molecule has 174 valence electrons. The average molecular weight is 455 g/mol. The van der Waals surface area contributed by atoms with Crippen LogP contribution in [0.5, 0.6) is 11.5 Å². The van der Waals surface area contributed by atoms with Crippen LogP contribution in [0.1, 0.15) is 47.2 Å². The van der Waals surface area contributed by atoms with Gasteiger partial charge in [-0.3, -0.25) is 14.9 Å². The minimum atomic E-state index is -0.871. The number of unbranched alkanes of at least 4 members (excludes halogenated alkanes) is 3. The molecule has 9 nitrogen and oxygen atoms in total. The summed E-state index contributed by atoms with van der Waals surface area (Å²) in [7, 11) is 2.70. The largest absolute Gasteiger partial charge is 0.493 e. The van der Waals surface area contributed by atoms with Gasteiger partial charge < -0.3 is 18.9 Å². The molecule has 0 heterocycles. The maximum absolute atomic E-state index is 12.8. The van der Waals surface area contributed by atoms with Crippen LogP contribution in [0.3, 0.4) is 0 Å². The number of carbonyl (C=O) groups is 2. The molecule has 0 N–H and O–H groups in total. The Bertz CT molecular complexity index is 1020. The van der Waals surface area contributed by atoms with E-state index in [2.05, 4.69) is 16.6 Å². The fourth-order valence-corrected chi connectivity index (χ4v) is 3.02. The van der Waals surface area contributed by atoms with Crippen molar-refractivity contribution in [1.82, 2.24) is 0 Å². The molecule has 0 aliphatic rings. The van der Waals surface area contributed by atoms with Crippen molar-refractivity contribution in [2.24, 2.45) is 0 Å². The third-order valence-electron chi connectivity index (χ3n) is 4.60. The van der Waals surface area contributed by atoms with Crippen molar-refractivity contribution in [1.29, 1.82) is 0 Å². The highest BCUT2D eigenvalue weighted by molar-refractivity contribution is 5.97. The van der Waals surface area contributed by atoms with E-state index in [4.69, 9.17) is 14.2 Å². The minimum Gasteiger partial charge on any atom is -0.493 e. The molecule has 0 fully saturated rings. The van der Waals surface area contributed by atoms with Crippen LogP contribution in [-0.2, 0) is 20.9 Å². The Kier molecular flexibility index (Phi) is 10.2. The van der Waals surface area contributed by atoms with Crippen molar-refractivity contribution >= 4 is 18.1 Å². The van der Waals surface area contributed by atoms with E-state index in [1.165, 1.54) is 20.3 Å². The second-order valence-electron chi connectivity index (χ2n) is 6.78. The predicted octanol–water partition coefficient (Wildman–Crippen LogP) is 4.05. The van der Waals surface area contributed by atoms with Crippen molar-refractivity contribution in [2.75, 3.05) is 20.8 Å². The lowest BCUT2D eigenvalue weighted by atomic mass is 10.0. The molecule has 2 aromatic carbocycles. The lowest BCUT2D eigenvalue weighted by Gasteiger charge is -2.13. The zero-order valence-corrected chi connectivity index (χ0v) is 18.5. The van der Waals surface area contributed by atoms with Gasteiger partial charge in [0.25, 0.3) is 6.47 Å². The zero-order chi connectivity index (χ0) is 24.1. The lowest BCUT2D eigenvalue weighted by Crippen LogP contribution is -2.11. The van der Waals surface area contributed by atoms with Crippen molar-refractivity contribution in [3.63, 3.8) is 0 Å². The average Bonchev–Trinajstić information content (AvgIpc) is 2.83. The van der Waals surface area contributed by atoms with Crippen LogP contribution in [0, 0.1) is 22.0 Å². The van der Waals surface area contributed by atoms with Crippen molar-refractivity contribution < 1.29 is 33.5 Å². The molecule has 0 atom stereocenters. The molecule has 9 heteroatoms. The summed E-state index contributed by atoms with van der Waals surface area (Å²) in [5, 5.41) is 11.9. The molecular formula is C24H25NO8. The van der Waals surface area contributed by atoms with Gasteiger partial charge in [0.2, 0.25) is 0 Å². The molecule has 0 radical (unpaired) electrons. The van der Waals surface area contributed by atoms with Crippen LogP contribution in [0.25, 0.3) is 0 Å². The number of benzene rings is 2. The Labute approximate surface area is 191 Å². The number of hydrogen-bond acceptors (Lipinski definition) is 8. The first-order valence-corrected chi connectivity index (χ1v) is 10.2. The van der Waals surface area contributed by atoms with Gasteiger partial charge in [0.1, 0.15) is 17.7 Å². The lowest BCUT2D eigenvalue weighted by molar-refractivity contribution is -0.385. The van der Waals surface area contributed by atoms with E-state index in [0.29, 0.717) is 32.3 Å². The standard InChI is InChI=1S/C24H25NO8/c1-30-21-15-20(24(27)33-16-18-11-7-6-8-12-18)22(25(28)29)19(23(21)31-2)13-9-4-3-5-10-14-32-17-26/h6-8,11-12,15,17H,3-5,10,14,16H2,1-2H3. The van der Waals surface area contributed by atoms with E-state index >= 15 is 0 Å². The Morgan fingerprint density at radius 3 is 2.52 bits per heavy atom. The summed E-state index contributed by atoms with van der Waals surface area (Å²) in [5.74, 6) is 4.98. The number of rotatable bonds is 12. The second kappa shape index (κ2) is 13.4. The molecule has 33 heavy (non-hydrogen) atoms. The molecule has 0 amide bonds.